The maximum absolute atomic E-state index is 8.67. The zero-order valence-corrected chi connectivity index (χ0v) is 9.89. The third-order valence-electron chi connectivity index (χ3n) is 2.12. The van der Waals surface area contributed by atoms with Crippen molar-refractivity contribution in [2.24, 2.45) is 5.73 Å². The summed E-state index contributed by atoms with van der Waals surface area (Å²) < 4.78 is 0. The number of hydrogen-bond donors (Lipinski definition) is 3. The van der Waals surface area contributed by atoms with Crippen molar-refractivity contribution in [3.63, 3.8) is 0 Å². The third-order valence-corrected chi connectivity index (χ3v) is 2.36. The molecule has 0 radical (unpaired) electrons. The highest BCUT2D eigenvalue weighted by molar-refractivity contribution is 6.30. The number of benzene rings is 1. The van der Waals surface area contributed by atoms with Crippen molar-refractivity contribution in [3.8, 4) is 0 Å². The minimum atomic E-state index is -0.152. The molecular weight excluding hydrogens is 235 g/mol. The maximum atomic E-state index is 8.67. The highest BCUT2D eigenvalue weighted by atomic mass is 35.5. The lowest BCUT2D eigenvalue weighted by Crippen LogP contribution is -2.12. The molecular formula is C10H16Cl2N2O. The number of anilines is 1. The quantitative estimate of drug-likeness (QED) is 0.717. The summed E-state index contributed by atoms with van der Waals surface area (Å²) in [7, 11) is 0. The number of nitrogen functional groups attached to an aromatic ring is 1. The van der Waals surface area contributed by atoms with Gasteiger partial charge in [-0.15, -0.1) is 12.4 Å². The fraction of sp³-hybridized carbons (Fsp3) is 0.400. The Morgan fingerprint density at radius 1 is 1.40 bits per heavy atom. The van der Waals surface area contributed by atoms with E-state index in [4.69, 9.17) is 28.2 Å². The summed E-state index contributed by atoms with van der Waals surface area (Å²) in [5.74, 6) is 0. The van der Waals surface area contributed by atoms with Crippen molar-refractivity contribution in [2.75, 3.05) is 12.3 Å². The van der Waals surface area contributed by atoms with E-state index < -0.39 is 0 Å². The molecule has 1 aromatic rings. The molecule has 1 rings (SSSR count). The Hall–Kier alpha value is -0.480. The molecule has 0 unspecified atom stereocenters. The van der Waals surface area contributed by atoms with Gasteiger partial charge in [-0.25, -0.2) is 0 Å². The van der Waals surface area contributed by atoms with Crippen molar-refractivity contribution in [1.29, 1.82) is 0 Å². The first-order chi connectivity index (χ1) is 6.65. The van der Waals surface area contributed by atoms with Gasteiger partial charge in [-0.2, -0.15) is 0 Å². The van der Waals surface area contributed by atoms with Gasteiger partial charge in [0.1, 0.15) is 0 Å². The summed E-state index contributed by atoms with van der Waals surface area (Å²) in [4.78, 5) is 0. The Bertz CT molecular complexity index is 307. The van der Waals surface area contributed by atoms with Crippen LogP contribution in [0.3, 0.4) is 0 Å². The molecule has 5 N–H and O–H groups in total. The number of halogens is 2. The molecule has 0 spiro atoms. The lowest BCUT2D eigenvalue weighted by Gasteiger charge is -2.13. The predicted molar refractivity (Wildman–Crippen MR) is 66.4 cm³/mol. The highest BCUT2D eigenvalue weighted by Gasteiger charge is 2.09. The lowest BCUT2D eigenvalue weighted by atomic mass is 10.0. The first kappa shape index (κ1) is 14.5. The van der Waals surface area contributed by atoms with E-state index in [9.17, 15) is 0 Å². The summed E-state index contributed by atoms with van der Waals surface area (Å²) in [5.41, 5.74) is 13.2. The zero-order valence-electron chi connectivity index (χ0n) is 8.32. The van der Waals surface area contributed by atoms with E-state index in [1.807, 2.05) is 0 Å². The summed E-state index contributed by atoms with van der Waals surface area (Å²) in [6.07, 6.45) is 1.38. The van der Waals surface area contributed by atoms with Crippen LogP contribution in [0.25, 0.3) is 0 Å². The average molecular weight is 251 g/mol. The standard InChI is InChI=1S/C10H15ClN2O.ClH/c11-7-3-4-10(13)8(6-7)9(12)2-1-5-14;/h3-4,6,9,14H,1-2,5,12-13H2;1H/t9-;/m0./s1. The summed E-state index contributed by atoms with van der Waals surface area (Å²) in [5, 5.41) is 9.31. The van der Waals surface area contributed by atoms with Gasteiger partial charge in [-0.3, -0.25) is 0 Å². The van der Waals surface area contributed by atoms with Gasteiger partial charge in [0.25, 0.3) is 0 Å². The molecule has 0 aliphatic rings. The topological polar surface area (TPSA) is 72.3 Å². The lowest BCUT2D eigenvalue weighted by molar-refractivity contribution is 0.280. The average Bonchev–Trinajstić information content (AvgIpc) is 2.18. The summed E-state index contributed by atoms with van der Waals surface area (Å²) in [6.45, 7) is 0.147. The normalized spacial score (nSPS) is 11.9. The largest absolute Gasteiger partial charge is 0.398 e. The number of hydrogen-bond acceptors (Lipinski definition) is 3. The van der Waals surface area contributed by atoms with E-state index in [2.05, 4.69) is 0 Å². The molecule has 0 fully saturated rings. The van der Waals surface area contributed by atoms with Crippen molar-refractivity contribution in [1.82, 2.24) is 0 Å². The molecule has 0 aromatic heterocycles. The van der Waals surface area contributed by atoms with Crippen LogP contribution in [0.4, 0.5) is 5.69 Å². The van der Waals surface area contributed by atoms with Crippen molar-refractivity contribution >= 4 is 29.7 Å². The van der Waals surface area contributed by atoms with Gasteiger partial charge in [-0.05, 0) is 36.6 Å². The minimum Gasteiger partial charge on any atom is -0.398 e. The Kier molecular flexibility index (Phi) is 6.68. The molecule has 3 nitrogen and oxygen atoms in total. The number of nitrogens with two attached hydrogens (primary N) is 2. The van der Waals surface area contributed by atoms with E-state index in [1.54, 1.807) is 18.2 Å². The predicted octanol–water partition coefficient (Wildman–Crippen LogP) is 2.12. The van der Waals surface area contributed by atoms with Crippen LogP contribution in [0.5, 0.6) is 0 Å². The first-order valence-corrected chi connectivity index (χ1v) is 4.94. The Balaban J connectivity index is 0.00000196. The Morgan fingerprint density at radius 2 is 2.07 bits per heavy atom. The summed E-state index contributed by atoms with van der Waals surface area (Å²) >= 11 is 5.83. The fourth-order valence-electron chi connectivity index (χ4n) is 1.33. The van der Waals surface area contributed by atoms with Crippen LogP contribution in [0.1, 0.15) is 24.4 Å². The van der Waals surface area contributed by atoms with E-state index >= 15 is 0 Å². The Morgan fingerprint density at radius 3 is 2.67 bits per heavy atom. The van der Waals surface area contributed by atoms with Crippen LogP contribution in [0.2, 0.25) is 5.02 Å². The first-order valence-electron chi connectivity index (χ1n) is 4.56. The second-order valence-electron chi connectivity index (χ2n) is 3.25. The second kappa shape index (κ2) is 6.90. The minimum absolute atomic E-state index is 0. The number of aliphatic hydroxyl groups is 1. The molecule has 0 saturated heterocycles. The van der Waals surface area contributed by atoms with Crippen LogP contribution in [0.15, 0.2) is 18.2 Å². The fourth-order valence-corrected chi connectivity index (χ4v) is 1.51. The number of rotatable bonds is 4. The van der Waals surface area contributed by atoms with Crippen molar-refractivity contribution in [2.45, 2.75) is 18.9 Å². The van der Waals surface area contributed by atoms with Crippen LogP contribution >= 0.6 is 24.0 Å². The monoisotopic (exact) mass is 250 g/mol. The van der Waals surface area contributed by atoms with Crippen molar-refractivity contribution < 1.29 is 5.11 Å². The van der Waals surface area contributed by atoms with Gasteiger partial charge >= 0.3 is 0 Å². The van der Waals surface area contributed by atoms with Crippen molar-refractivity contribution in [3.05, 3.63) is 28.8 Å². The van der Waals surface area contributed by atoms with E-state index in [-0.39, 0.29) is 25.1 Å². The van der Waals surface area contributed by atoms with Crippen LogP contribution in [-0.4, -0.2) is 11.7 Å². The van der Waals surface area contributed by atoms with Crippen LogP contribution in [0, 0.1) is 0 Å². The molecule has 0 aliphatic heterocycles. The van der Waals surface area contributed by atoms with Gasteiger partial charge in [0.2, 0.25) is 0 Å². The molecule has 0 amide bonds. The second-order valence-corrected chi connectivity index (χ2v) is 3.68. The van der Waals surface area contributed by atoms with E-state index in [0.717, 1.165) is 5.56 Å². The third kappa shape index (κ3) is 4.26. The molecule has 0 aliphatic carbocycles. The molecule has 0 bridgehead atoms. The molecule has 1 aromatic carbocycles. The van der Waals surface area contributed by atoms with Gasteiger partial charge < -0.3 is 16.6 Å². The summed E-state index contributed by atoms with van der Waals surface area (Å²) in [6, 6.07) is 5.11. The van der Waals surface area contributed by atoms with Gasteiger partial charge in [-0.1, -0.05) is 11.6 Å². The van der Waals surface area contributed by atoms with E-state index in [0.29, 0.717) is 23.6 Å². The maximum Gasteiger partial charge on any atom is 0.0431 e. The smallest absolute Gasteiger partial charge is 0.0431 e. The van der Waals surface area contributed by atoms with Crippen LogP contribution in [-0.2, 0) is 0 Å². The highest BCUT2D eigenvalue weighted by Crippen LogP contribution is 2.25. The SMILES string of the molecule is Cl.Nc1ccc(Cl)cc1[C@@H](N)CCCO. The number of aliphatic hydroxyl groups excluding tert-OH is 1. The van der Waals surface area contributed by atoms with Gasteiger partial charge in [0.05, 0.1) is 0 Å². The molecule has 15 heavy (non-hydrogen) atoms. The molecule has 1 atom stereocenters. The van der Waals surface area contributed by atoms with Gasteiger partial charge in [0.15, 0.2) is 0 Å². The molecule has 0 saturated carbocycles. The van der Waals surface area contributed by atoms with E-state index in [1.165, 1.54) is 0 Å². The Labute approximate surface area is 101 Å². The van der Waals surface area contributed by atoms with Crippen LogP contribution < -0.4 is 11.5 Å². The molecule has 5 heteroatoms. The molecule has 86 valence electrons. The zero-order chi connectivity index (χ0) is 10.6. The van der Waals surface area contributed by atoms with Gasteiger partial charge in [0, 0.05) is 23.4 Å². The molecule has 0 heterocycles.